The first-order chi connectivity index (χ1) is 9.06. The molecule has 1 aliphatic carbocycles. The third-order valence-electron chi connectivity index (χ3n) is 4.23. The standard InChI is InChI=1S/C14H19IN2O2/c1-2-14(7-3-4-8-14)10-16-11-5-6-13(17(18)19)12(15)9-11/h5-6,9,16H,2-4,7-8,10H2,1H3. The number of nitrogens with one attached hydrogen (secondary N) is 1. The van der Waals surface area contributed by atoms with E-state index in [1.54, 1.807) is 12.1 Å². The second-order valence-electron chi connectivity index (χ2n) is 5.34. The molecule has 1 aromatic rings. The minimum atomic E-state index is -0.337. The molecule has 19 heavy (non-hydrogen) atoms. The van der Waals surface area contributed by atoms with Crippen LogP contribution in [-0.2, 0) is 0 Å². The Labute approximate surface area is 127 Å². The second kappa shape index (κ2) is 6.07. The fourth-order valence-electron chi connectivity index (χ4n) is 2.83. The Hall–Kier alpha value is -0.850. The summed E-state index contributed by atoms with van der Waals surface area (Å²) in [4.78, 5) is 10.4. The molecule has 0 heterocycles. The van der Waals surface area contributed by atoms with Crippen LogP contribution in [-0.4, -0.2) is 11.5 Å². The van der Waals surface area contributed by atoms with Gasteiger partial charge in [-0.05, 0) is 59.4 Å². The maximum atomic E-state index is 10.8. The monoisotopic (exact) mass is 374 g/mol. The van der Waals surface area contributed by atoms with Crippen LogP contribution in [0.4, 0.5) is 11.4 Å². The summed E-state index contributed by atoms with van der Waals surface area (Å²) < 4.78 is 0.685. The third kappa shape index (κ3) is 3.38. The van der Waals surface area contributed by atoms with E-state index in [0.717, 1.165) is 12.2 Å². The van der Waals surface area contributed by atoms with E-state index in [9.17, 15) is 10.1 Å². The number of nitrogens with zero attached hydrogens (tertiary/aromatic N) is 1. The summed E-state index contributed by atoms with van der Waals surface area (Å²) in [5, 5.41) is 14.2. The largest absolute Gasteiger partial charge is 0.384 e. The van der Waals surface area contributed by atoms with Gasteiger partial charge >= 0.3 is 0 Å². The number of benzene rings is 1. The number of hydrogen-bond acceptors (Lipinski definition) is 3. The summed E-state index contributed by atoms with van der Waals surface area (Å²) in [7, 11) is 0. The van der Waals surface area contributed by atoms with Crippen LogP contribution in [0.2, 0.25) is 0 Å². The van der Waals surface area contributed by atoms with Crippen LogP contribution >= 0.6 is 22.6 Å². The topological polar surface area (TPSA) is 55.2 Å². The molecule has 1 N–H and O–H groups in total. The molecule has 0 radical (unpaired) electrons. The number of halogens is 1. The van der Waals surface area contributed by atoms with Crippen molar-refractivity contribution in [2.75, 3.05) is 11.9 Å². The third-order valence-corrected chi connectivity index (χ3v) is 5.09. The Morgan fingerprint density at radius 3 is 2.63 bits per heavy atom. The SMILES string of the molecule is CCC1(CNc2ccc([N+](=O)[O-])c(I)c2)CCCC1. The first kappa shape index (κ1) is 14.6. The van der Waals surface area contributed by atoms with Crippen LogP contribution < -0.4 is 5.32 Å². The summed E-state index contributed by atoms with van der Waals surface area (Å²) in [6.45, 7) is 3.23. The van der Waals surface area contributed by atoms with E-state index in [4.69, 9.17) is 0 Å². The molecule has 1 saturated carbocycles. The van der Waals surface area contributed by atoms with Crippen molar-refractivity contribution in [1.29, 1.82) is 0 Å². The molecule has 1 aliphatic rings. The first-order valence-electron chi connectivity index (χ1n) is 6.74. The molecule has 1 aromatic carbocycles. The van der Waals surface area contributed by atoms with E-state index in [0.29, 0.717) is 8.99 Å². The highest BCUT2D eigenvalue weighted by Gasteiger charge is 2.31. The fraction of sp³-hybridized carbons (Fsp3) is 0.571. The van der Waals surface area contributed by atoms with Gasteiger partial charge in [0.2, 0.25) is 0 Å². The van der Waals surface area contributed by atoms with Crippen molar-refractivity contribution in [2.24, 2.45) is 5.41 Å². The van der Waals surface area contributed by atoms with Gasteiger partial charge in [0, 0.05) is 18.3 Å². The van der Waals surface area contributed by atoms with Crippen molar-refractivity contribution in [2.45, 2.75) is 39.0 Å². The molecule has 0 aromatic heterocycles. The van der Waals surface area contributed by atoms with Gasteiger partial charge in [-0.2, -0.15) is 0 Å². The van der Waals surface area contributed by atoms with Crippen molar-refractivity contribution in [3.8, 4) is 0 Å². The highest BCUT2D eigenvalue weighted by atomic mass is 127. The van der Waals surface area contributed by atoms with Gasteiger partial charge in [-0.1, -0.05) is 19.8 Å². The number of nitro groups is 1. The van der Waals surface area contributed by atoms with Crippen LogP contribution in [0.1, 0.15) is 39.0 Å². The van der Waals surface area contributed by atoms with Gasteiger partial charge in [0.05, 0.1) is 8.49 Å². The highest BCUT2D eigenvalue weighted by Crippen LogP contribution is 2.41. The van der Waals surface area contributed by atoms with Gasteiger partial charge < -0.3 is 5.32 Å². The molecule has 1 fully saturated rings. The van der Waals surface area contributed by atoms with E-state index < -0.39 is 0 Å². The minimum absolute atomic E-state index is 0.178. The smallest absolute Gasteiger partial charge is 0.282 e. The van der Waals surface area contributed by atoms with Crippen molar-refractivity contribution in [3.05, 3.63) is 31.9 Å². The molecule has 0 aliphatic heterocycles. The van der Waals surface area contributed by atoms with Crippen LogP contribution in [0.25, 0.3) is 0 Å². The number of hydrogen-bond donors (Lipinski definition) is 1. The zero-order valence-corrected chi connectivity index (χ0v) is 13.3. The average Bonchev–Trinajstić information content (AvgIpc) is 2.85. The second-order valence-corrected chi connectivity index (χ2v) is 6.50. The van der Waals surface area contributed by atoms with Crippen LogP contribution in [0.5, 0.6) is 0 Å². The molecule has 104 valence electrons. The van der Waals surface area contributed by atoms with E-state index in [-0.39, 0.29) is 10.6 Å². The summed E-state index contributed by atoms with van der Waals surface area (Å²) >= 11 is 2.02. The molecule has 0 saturated heterocycles. The lowest BCUT2D eigenvalue weighted by Crippen LogP contribution is -2.25. The molecule has 0 bridgehead atoms. The van der Waals surface area contributed by atoms with Crippen molar-refractivity contribution in [1.82, 2.24) is 0 Å². The molecule has 0 atom stereocenters. The predicted molar refractivity (Wildman–Crippen MR) is 85.5 cm³/mol. The summed E-state index contributed by atoms with van der Waals surface area (Å²) in [6.07, 6.45) is 6.44. The summed E-state index contributed by atoms with van der Waals surface area (Å²) in [5.41, 5.74) is 1.58. The summed E-state index contributed by atoms with van der Waals surface area (Å²) in [6, 6.07) is 5.24. The maximum absolute atomic E-state index is 10.8. The molecule has 0 spiro atoms. The van der Waals surface area contributed by atoms with E-state index >= 15 is 0 Å². The minimum Gasteiger partial charge on any atom is -0.384 e. The zero-order chi connectivity index (χ0) is 13.9. The molecular weight excluding hydrogens is 355 g/mol. The molecule has 5 heteroatoms. The Morgan fingerprint density at radius 1 is 1.42 bits per heavy atom. The van der Waals surface area contributed by atoms with Gasteiger partial charge in [-0.15, -0.1) is 0 Å². The maximum Gasteiger partial charge on any atom is 0.282 e. The molecule has 0 amide bonds. The lowest BCUT2D eigenvalue weighted by atomic mass is 9.83. The van der Waals surface area contributed by atoms with E-state index in [1.165, 1.54) is 32.1 Å². The van der Waals surface area contributed by atoms with Gasteiger partial charge in [0.1, 0.15) is 0 Å². The lowest BCUT2D eigenvalue weighted by molar-refractivity contribution is -0.385. The molecule has 0 unspecified atom stereocenters. The van der Waals surface area contributed by atoms with Gasteiger partial charge in [-0.25, -0.2) is 0 Å². The van der Waals surface area contributed by atoms with Crippen LogP contribution in [0, 0.1) is 19.1 Å². The van der Waals surface area contributed by atoms with Crippen molar-refractivity contribution < 1.29 is 4.92 Å². The lowest BCUT2D eigenvalue weighted by Gasteiger charge is -2.28. The summed E-state index contributed by atoms with van der Waals surface area (Å²) in [5.74, 6) is 0. The zero-order valence-electron chi connectivity index (χ0n) is 11.1. The Morgan fingerprint density at radius 2 is 2.11 bits per heavy atom. The normalized spacial score (nSPS) is 17.4. The quantitative estimate of drug-likeness (QED) is 0.466. The Kier molecular flexibility index (Phi) is 4.65. The number of anilines is 1. The predicted octanol–water partition coefficient (Wildman–Crippen LogP) is 4.58. The highest BCUT2D eigenvalue weighted by molar-refractivity contribution is 14.1. The van der Waals surface area contributed by atoms with Gasteiger partial charge in [-0.3, -0.25) is 10.1 Å². The van der Waals surface area contributed by atoms with Crippen LogP contribution in [0.3, 0.4) is 0 Å². The number of rotatable bonds is 5. The first-order valence-corrected chi connectivity index (χ1v) is 7.82. The van der Waals surface area contributed by atoms with E-state index in [2.05, 4.69) is 12.2 Å². The van der Waals surface area contributed by atoms with Gasteiger partial charge in [0.25, 0.3) is 5.69 Å². The Balaban J connectivity index is 2.03. The number of nitro benzene ring substituents is 1. The van der Waals surface area contributed by atoms with Crippen molar-refractivity contribution in [3.63, 3.8) is 0 Å². The van der Waals surface area contributed by atoms with E-state index in [1.807, 2.05) is 28.7 Å². The average molecular weight is 374 g/mol. The Bertz CT molecular complexity index is 471. The molecular formula is C14H19IN2O2. The molecule has 4 nitrogen and oxygen atoms in total. The van der Waals surface area contributed by atoms with Crippen LogP contribution in [0.15, 0.2) is 18.2 Å². The van der Waals surface area contributed by atoms with Crippen molar-refractivity contribution >= 4 is 34.0 Å². The fourth-order valence-corrected chi connectivity index (χ4v) is 3.55. The molecule has 2 rings (SSSR count). The van der Waals surface area contributed by atoms with Gasteiger partial charge in [0.15, 0.2) is 0 Å².